The van der Waals surface area contributed by atoms with Crippen molar-refractivity contribution in [2.24, 2.45) is 23.0 Å². The van der Waals surface area contributed by atoms with E-state index in [1.807, 2.05) is 0 Å². The highest BCUT2D eigenvalue weighted by molar-refractivity contribution is 6.18. The number of carbonyl (C=O) groups is 1. The van der Waals surface area contributed by atoms with Crippen LogP contribution in [0.3, 0.4) is 0 Å². The minimum absolute atomic E-state index is 0.212. The highest BCUT2D eigenvalue weighted by Crippen LogP contribution is 2.60. The molecule has 1 rings (SSSR count). The Balaban J connectivity index is 2.46. The summed E-state index contributed by atoms with van der Waals surface area (Å²) in [6.45, 7) is 4.27. The molecule has 2 atom stereocenters. The van der Waals surface area contributed by atoms with Gasteiger partial charge in [-0.2, -0.15) is 0 Å². The summed E-state index contributed by atoms with van der Waals surface area (Å²) in [6, 6.07) is 0. The van der Waals surface area contributed by atoms with E-state index >= 15 is 0 Å². The number of nitrogens with two attached hydrogens (primary N) is 1. The summed E-state index contributed by atoms with van der Waals surface area (Å²) in [7, 11) is 0. The van der Waals surface area contributed by atoms with Gasteiger partial charge in [-0.15, -0.1) is 11.6 Å². The summed E-state index contributed by atoms with van der Waals surface area (Å²) in [6.07, 6.45) is 0.490. The van der Waals surface area contributed by atoms with Crippen LogP contribution in [0.5, 0.6) is 0 Å². The van der Waals surface area contributed by atoms with Crippen LogP contribution in [0.15, 0.2) is 0 Å². The van der Waals surface area contributed by atoms with E-state index in [2.05, 4.69) is 13.8 Å². The van der Waals surface area contributed by atoms with E-state index in [0.717, 1.165) is 0 Å². The first kappa shape index (κ1) is 8.85. The van der Waals surface area contributed by atoms with Crippen molar-refractivity contribution in [1.82, 2.24) is 0 Å². The molecule has 0 aromatic rings. The van der Waals surface area contributed by atoms with Gasteiger partial charge in [-0.05, 0) is 17.3 Å². The molecule has 11 heavy (non-hydrogen) atoms. The molecule has 1 saturated carbocycles. The summed E-state index contributed by atoms with van der Waals surface area (Å²) >= 11 is 5.71. The van der Waals surface area contributed by atoms with Gasteiger partial charge in [0.05, 0.1) is 0 Å². The van der Waals surface area contributed by atoms with Gasteiger partial charge in [0, 0.05) is 12.3 Å². The fourth-order valence-corrected chi connectivity index (χ4v) is 2.40. The maximum Gasteiger partial charge on any atom is 0.217 e. The number of amides is 1. The molecule has 2 nitrogen and oxygen atoms in total. The lowest BCUT2D eigenvalue weighted by molar-refractivity contribution is -0.118. The maximum absolute atomic E-state index is 10.6. The van der Waals surface area contributed by atoms with Crippen molar-refractivity contribution in [2.45, 2.75) is 20.3 Å². The minimum Gasteiger partial charge on any atom is -0.370 e. The van der Waals surface area contributed by atoms with Gasteiger partial charge in [0.2, 0.25) is 5.91 Å². The fraction of sp³-hybridized carbons (Fsp3) is 0.875. The first-order valence-corrected chi connectivity index (χ1v) is 4.38. The highest BCUT2D eigenvalue weighted by Gasteiger charge is 2.56. The molecule has 2 N–H and O–H groups in total. The third-order valence-electron chi connectivity index (χ3n) is 2.88. The average Bonchev–Trinajstić information content (AvgIpc) is 2.33. The predicted octanol–water partition coefficient (Wildman–Crippen LogP) is 1.37. The first-order valence-electron chi connectivity index (χ1n) is 3.84. The van der Waals surface area contributed by atoms with E-state index in [-0.39, 0.29) is 11.3 Å². The molecule has 0 heterocycles. The monoisotopic (exact) mass is 175 g/mol. The summed E-state index contributed by atoms with van der Waals surface area (Å²) in [4.78, 5) is 10.6. The average molecular weight is 176 g/mol. The van der Waals surface area contributed by atoms with Crippen LogP contribution in [0, 0.1) is 17.3 Å². The van der Waals surface area contributed by atoms with Crippen molar-refractivity contribution >= 4 is 17.5 Å². The molecule has 0 unspecified atom stereocenters. The van der Waals surface area contributed by atoms with Crippen molar-refractivity contribution in [3.8, 4) is 0 Å². The zero-order valence-electron chi connectivity index (χ0n) is 6.93. The Hall–Kier alpha value is -0.240. The molecular formula is C8H14ClNO. The van der Waals surface area contributed by atoms with Crippen molar-refractivity contribution in [1.29, 1.82) is 0 Å². The number of rotatable bonds is 3. The number of carbonyl (C=O) groups excluding carboxylic acids is 1. The number of primary amides is 1. The van der Waals surface area contributed by atoms with Crippen molar-refractivity contribution < 1.29 is 4.79 Å². The highest BCUT2D eigenvalue weighted by atomic mass is 35.5. The molecule has 64 valence electrons. The Morgan fingerprint density at radius 1 is 1.55 bits per heavy atom. The van der Waals surface area contributed by atoms with Gasteiger partial charge in [-0.1, -0.05) is 13.8 Å². The van der Waals surface area contributed by atoms with E-state index in [1.165, 1.54) is 0 Å². The van der Waals surface area contributed by atoms with Gasteiger partial charge < -0.3 is 5.73 Å². The Bertz CT molecular complexity index is 179. The van der Waals surface area contributed by atoms with Crippen LogP contribution in [0.1, 0.15) is 20.3 Å². The summed E-state index contributed by atoms with van der Waals surface area (Å²) < 4.78 is 0. The lowest BCUT2D eigenvalue weighted by atomic mass is 10.1. The molecule has 0 bridgehead atoms. The predicted molar refractivity (Wildman–Crippen MR) is 45.3 cm³/mol. The zero-order chi connectivity index (χ0) is 8.65. The van der Waals surface area contributed by atoms with Crippen LogP contribution in [-0.4, -0.2) is 11.8 Å². The SMILES string of the molecule is CC1(C)[C@H](CCl)[C@@H]1CC(N)=O. The summed E-state index contributed by atoms with van der Waals surface area (Å²) in [5.74, 6) is 1.33. The van der Waals surface area contributed by atoms with Crippen molar-refractivity contribution in [3.63, 3.8) is 0 Å². The number of halogens is 1. The third kappa shape index (κ3) is 1.51. The van der Waals surface area contributed by atoms with Crippen molar-refractivity contribution in [3.05, 3.63) is 0 Å². The normalized spacial score (nSPS) is 33.4. The Labute approximate surface area is 72.1 Å². The maximum atomic E-state index is 10.6. The summed E-state index contributed by atoms with van der Waals surface area (Å²) in [5.41, 5.74) is 5.32. The van der Waals surface area contributed by atoms with Crippen LogP contribution in [-0.2, 0) is 4.79 Å². The molecule has 0 aromatic heterocycles. The number of hydrogen-bond donors (Lipinski definition) is 1. The molecule has 0 aliphatic heterocycles. The largest absolute Gasteiger partial charge is 0.370 e. The molecule has 1 fully saturated rings. The molecule has 1 aliphatic carbocycles. The zero-order valence-corrected chi connectivity index (χ0v) is 7.69. The second kappa shape index (κ2) is 2.67. The molecule has 0 radical (unpaired) electrons. The van der Waals surface area contributed by atoms with E-state index in [0.29, 0.717) is 24.1 Å². The van der Waals surface area contributed by atoms with Crippen LogP contribution >= 0.6 is 11.6 Å². The minimum atomic E-state index is -0.212. The third-order valence-corrected chi connectivity index (χ3v) is 3.21. The second-order valence-electron chi connectivity index (χ2n) is 3.86. The molecule has 0 aromatic carbocycles. The Morgan fingerprint density at radius 2 is 2.09 bits per heavy atom. The topological polar surface area (TPSA) is 43.1 Å². The quantitative estimate of drug-likeness (QED) is 0.647. The first-order chi connectivity index (χ1) is 5.00. The van der Waals surface area contributed by atoms with Crippen LogP contribution in [0.2, 0.25) is 0 Å². The Kier molecular flexibility index (Phi) is 2.15. The van der Waals surface area contributed by atoms with Gasteiger partial charge in [-0.3, -0.25) is 4.79 Å². The standard InChI is InChI=1S/C8H14ClNO/c1-8(2)5(3-7(10)11)6(8)4-9/h5-6H,3-4H2,1-2H3,(H2,10,11)/t5-,6+/m0/s1. The number of alkyl halides is 1. The molecule has 1 amide bonds. The van der Waals surface area contributed by atoms with Crippen LogP contribution in [0.4, 0.5) is 0 Å². The molecule has 0 spiro atoms. The van der Waals surface area contributed by atoms with Crippen molar-refractivity contribution in [2.75, 3.05) is 5.88 Å². The van der Waals surface area contributed by atoms with E-state index in [9.17, 15) is 4.79 Å². The van der Waals surface area contributed by atoms with Gasteiger partial charge in [0.25, 0.3) is 0 Å². The molecule has 1 aliphatic rings. The van der Waals surface area contributed by atoms with Gasteiger partial charge in [0.1, 0.15) is 0 Å². The van der Waals surface area contributed by atoms with Crippen LogP contribution in [0.25, 0.3) is 0 Å². The fourth-order valence-electron chi connectivity index (χ4n) is 1.79. The molecule has 0 saturated heterocycles. The van der Waals surface area contributed by atoms with E-state index in [1.54, 1.807) is 0 Å². The van der Waals surface area contributed by atoms with E-state index < -0.39 is 0 Å². The van der Waals surface area contributed by atoms with E-state index in [4.69, 9.17) is 17.3 Å². The van der Waals surface area contributed by atoms with Crippen LogP contribution < -0.4 is 5.73 Å². The lowest BCUT2D eigenvalue weighted by Crippen LogP contribution is -2.12. The van der Waals surface area contributed by atoms with Gasteiger partial charge >= 0.3 is 0 Å². The van der Waals surface area contributed by atoms with Gasteiger partial charge in [-0.25, -0.2) is 0 Å². The smallest absolute Gasteiger partial charge is 0.217 e. The Morgan fingerprint density at radius 3 is 2.36 bits per heavy atom. The molecular weight excluding hydrogens is 162 g/mol. The number of hydrogen-bond acceptors (Lipinski definition) is 1. The second-order valence-corrected chi connectivity index (χ2v) is 4.17. The molecule has 3 heteroatoms. The lowest BCUT2D eigenvalue weighted by Gasteiger charge is -1.98. The summed E-state index contributed by atoms with van der Waals surface area (Å²) in [5, 5.41) is 0. The van der Waals surface area contributed by atoms with Gasteiger partial charge in [0.15, 0.2) is 0 Å².